The standard InChI is InChI=1S/C14H19N5O2/c1-10-7-16-17-14(10)12-9-21-6-5-19(12)13(20)8-18-4-3-15-11(18)2/h3-4,7,12H,5-6,8-9H2,1-2H3,(H,16,17)/t12-/m1/s1. The zero-order chi connectivity index (χ0) is 14.8. The van der Waals surface area contributed by atoms with E-state index in [9.17, 15) is 4.79 Å². The Morgan fingerprint density at radius 1 is 1.52 bits per heavy atom. The van der Waals surface area contributed by atoms with Gasteiger partial charge in [0.1, 0.15) is 12.4 Å². The molecule has 0 saturated carbocycles. The number of aromatic nitrogens is 4. The first-order chi connectivity index (χ1) is 10.2. The summed E-state index contributed by atoms with van der Waals surface area (Å²) in [6.45, 7) is 5.83. The molecule has 1 aliphatic heterocycles. The fourth-order valence-electron chi connectivity index (χ4n) is 2.64. The molecule has 21 heavy (non-hydrogen) atoms. The maximum Gasteiger partial charge on any atom is 0.243 e. The van der Waals surface area contributed by atoms with Crippen molar-refractivity contribution in [2.24, 2.45) is 0 Å². The van der Waals surface area contributed by atoms with Gasteiger partial charge in [-0.05, 0) is 19.4 Å². The molecule has 0 spiro atoms. The van der Waals surface area contributed by atoms with Gasteiger partial charge < -0.3 is 14.2 Å². The molecule has 0 bridgehead atoms. The lowest BCUT2D eigenvalue weighted by Crippen LogP contribution is -2.45. The van der Waals surface area contributed by atoms with Crippen molar-refractivity contribution in [2.75, 3.05) is 19.8 Å². The molecule has 1 atom stereocenters. The van der Waals surface area contributed by atoms with Gasteiger partial charge in [0, 0.05) is 18.9 Å². The van der Waals surface area contributed by atoms with Gasteiger partial charge in [-0.15, -0.1) is 0 Å². The van der Waals surface area contributed by atoms with Gasteiger partial charge in [-0.2, -0.15) is 5.10 Å². The van der Waals surface area contributed by atoms with Crippen LogP contribution in [0.25, 0.3) is 0 Å². The smallest absolute Gasteiger partial charge is 0.243 e. The Bertz CT molecular complexity index is 633. The van der Waals surface area contributed by atoms with Crippen molar-refractivity contribution in [2.45, 2.75) is 26.4 Å². The number of imidazole rings is 1. The van der Waals surface area contributed by atoms with Crippen molar-refractivity contribution in [3.8, 4) is 0 Å². The number of hydrogen-bond acceptors (Lipinski definition) is 4. The van der Waals surface area contributed by atoms with Crippen molar-refractivity contribution < 1.29 is 9.53 Å². The highest BCUT2D eigenvalue weighted by Gasteiger charge is 2.30. The maximum atomic E-state index is 12.6. The first-order valence-electron chi connectivity index (χ1n) is 7.01. The van der Waals surface area contributed by atoms with Crippen LogP contribution in [0, 0.1) is 13.8 Å². The fraction of sp³-hybridized carbons (Fsp3) is 0.500. The van der Waals surface area contributed by atoms with Crippen LogP contribution in [0.5, 0.6) is 0 Å². The third-order valence-corrected chi connectivity index (χ3v) is 3.88. The van der Waals surface area contributed by atoms with Crippen LogP contribution in [0.2, 0.25) is 0 Å². The van der Waals surface area contributed by atoms with Crippen molar-refractivity contribution in [1.29, 1.82) is 0 Å². The molecular weight excluding hydrogens is 270 g/mol. The topological polar surface area (TPSA) is 76.0 Å². The lowest BCUT2D eigenvalue weighted by atomic mass is 10.1. The summed E-state index contributed by atoms with van der Waals surface area (Å²) in [7, 11) is 0. The molecule has 3 rings (SSSR count). The van der Waals surface area contributed by atoms with E-state index in [2.05, 4.69) is 15.2 Å². The quantitative estimate of drug-likeness (QED) is 0.907. The number of carbonyl (C=O) groups is 1. The summed E-state index contributed by atoms with van der Waals surface area (Å²) in [5.74, 6) is 0.907. The van der Waals surface area contributed by atoms with Crippen LogP contribution in [-0.4, -0.2) is 50.3 Å². The van der Waals surface area contributed by atoms with Crippen LogP contribution in [0.1, 0.15) is 23.1 Å². The fourth-order valence-corrected chi connectivity index (χ4v) is 2.64. The summed E-state index contributed by atoms with van der Waals surface area (Å²) in [5.41, 5.74) is 1.99. The Labute approximate surface area is 122 Å². The van der Waals surface area contributed by atoms with Gasteiger partial charge >= 0.3 is 0 Å². The van der Waals surface area contributed by atoms with Crippen molar-refractivity contribution in [3.63, 3.8) is 0 Å². The van der Waals surface area contributed by atoms with E-state index in [1.807, 2.05) is 29.5 Å². The molecule has 7 heteroatoms. The number of rotatable bonds is 3. The maximum absolute atomic E-state index is 12.6. The third-order valence-electron chi connectivity index (χ3n) is 3.88. The molecular formula is C14H19N5O2. The van der Waals surface area contributed by atoms with E-state index in [1.54, 1.807) is 12.4 Å². The molecule has 7 nitrogen and oxygen atoms in total. The first kappa shape index (κ1) is 13.8. The second-order valence-corrected chi connectivity index (χ2v) is 5.25. The van der Waals surface area contributed by atoms with Crippen LogP contribution in [-0.2, 0) is 16.1 Å². The Hall–Kier alpha value is -2.15. The second-order valence-electron chi connectivity index (χ2n) is 5.25. The summed E-state index contributed by atoms with van der Waals surface area (Å²) in [6.07, 6.45) is 5.30. The zero-order valence-corrected chi connectivity index (χ0v) is 12.2. The summed E-state index contributed by atoms with van der Waals surface area (Å²) in [5, 5.41) is 7.03. The average molecular weight is 289 g/mol. The SMILES string of the molecule is Cc1cn[nH]c1[C@H]1COCCN1C(=O)Cn1ccnc1C. The van der Waals surface area contributed by atoms with Gasteiger partial charge in [-0.25, -0.2) is 4.98 Å². The van der Waals surface area contributed by atoms with E-state index in [0.717, 1.165) is 17.1 Å². The van der Waals surface area contributed by atoms with Gasteiger partial charge in [-0.3, -0.25) is 9.89 Å². The minimum absolute atomic E-state index is 0.0680. The first-order valence-corrected chi connectivity index (χ1v) is 7.01. The lowest BCUT2D eigenvalue weighted by molar-refractivity contribution is -0.141. The summed E-state index contributed by atoms with van der Waals surface area (Å²) < 4.78 is 7.40. The molecule has 1 amide bonds. The van der Waals surface area contributed by atoms with E-state index in [1.165, 1.54) is 0 Å². The molecule has 0 unspecified atom stereocenters. The van der Waals surface area contributed by atoms with E-state index >= 15 is 0 Å². The molecule has 0 aromatic carbocycles. The van der Waals surface area contributed by atoms with Gasteiger partial charge in [0.25, 0.3) is 0 Å². The zero-order valence-electron chi connectivity index (χ0n) is 12.2. The molecule has 2 aromatic rings. The normalized spacial score (nSPS) is 19.0. The molecule has 0 radical (unpaired) electrons. The van der Waals surface area contributed by atoms with Gasteiger partial charge in [0.15, 0.2) is 0 Å². The molecule has 112 valence electrons. The number of aryl methyl sites for hydroxylation is 2. The number of morpholine rings is 1. The molecule has 1 aliphatic rings. The predicted octanol–water partition coefficient (Wildman–Crippen LogP) is 0.823. The second kappa shape index (κ2) is 5.69. The van der Waals surface area contributed by atoms with Crippen LogP contribution < -0.4 is 0 Å². The van der Waals surface area contributed by atoms with E-state index in [4.69, 9.17) is 4.74 Å². The lowest BCUT2D eigenvalue weighted by Gasteiger charge is -2.35. The Balaban J connectivity index is 1.79. The number of H-pyrrole nitrogens is 1. The van der Waals surface area contributed by atoms with Gasteiger partial charge in [0.2, 0.25) is 5.91 Å². The molecule has 0 aliphatic carbocycles. The third kappa shape index (κ3) is 2.69. The summed E-state index contributed by atoms with van der Waals surface area (Å²) in [4.78, 5) is 18.6. The largest absolute Gasteiger partial charge is 0.377 e. The van der Waals surface area contributed by atoms with Crippen molar-refractivity contribution >= 4 is 5.91 Å². The Morgan fingerprint density at radius 3 is 3.05 bits per heavy atom. The number of carbonyl (C=O) groups excluding carboxylic acids is 1. The van der Waals surface area contributed by atoms with Crippen molar-refractivity contribution in [3.05, 3.63) is 35.7 Å². The number of hydrogen-bond donors (Lipinski definition) is 1. The Morgan fingerprint density at radius 2 is 2.38 bits per heavy atom. The number of amides is 1. The Kier molecular flexibility index (Phi) is 3.74. The van der Waals surface area contributed by atoms with E-state index in [0.29, 0.717) is 26.3 Å². The number of nitrogens with one attached hydrogen (secondary N) is 1. The molecule has 1 saturated heterocycles. The highest BCUT2D eigenvalue weighted by molar-refractivity contribution is 5.76. The summed E-state index contributed by atoms with van der Waals surface area (Å²) in [6, 6.07) is -0.0995. The van der Waals surface area contributed by atoms with Crippen LogP contribution in [0.15, 0.2) is 18.6 Å². The van der Waals surface area contributed by atoms with Crippen LogP contribution in [0.3, 0.4) is 0 Å². The van der Waals surface area contributed by atoms with Crippen molar-refractivity contribution in [1.82, 2.24) is 24.6 Å². The molecule has 1 fully saturated rings. The van der Waals surface area contributed by atoms with E-state index < -0.39 is 0 Å². The van der Waals surface area contributed by atoms with Gasteiger partial charge in [0.05, 0.1) is 31.1 Å². The van der Waals surface area contributed by atoms with Gasteiger partial charge in [-0.1, -0.05) is 0 Å². The minimum atomic E-state index is -0.0995. The summed E-state index contributed by atoms with van der Waals surface area (Å²) >= 11 is 0. The van der Waals surface area contributed by atoms with Crippen LogP contribution in [0.4, 0.5) is 0 Å². The number of aromatic amines is 1. The number of ether oxygens (including phenoxy) is 1. The van der Waals surface area contributed by atoms with Crippen LogP contribution >= 0.6 is 0 Å². The predicted molar refractivity (Wildman–Crippen MR) is 75.6 cm³/mol. The molecule has 2 aromatic heterocycles. The average Bonchev–Trinajstić information content (AvgIpc) is 3.08. The number of nitrogens with zero attached hydrogens (tertiary/aromatic N) is 4. The highest BCUT2D eigenvalue weighted by atomic mass is 16.5. The molecule has 1 N–H and O–H groups in total. The minimum Gasteiger partial charge on any atom is -0.377 e. The van der Waals surface area contributed by atoms with E-state index in [-0.39, 0.29) is 11.9 Å². The molecule has 3 heterocycles. The monoisotopic (exact) mass is 289 g/mol. The highest BCUT2D eigenvalue weighted by Crippen LogP contribution is 2.25.